The number of nitrogens with one attached hydrogen (secondary N) is 1. The molecule has 2 atom stereocenters. The average Bonchev–Trinajstić information content (AvgIpc) is 2.30. The van der Waals surface area contributed by atoms with Crippen molar-refractivity contribution >= 4 is 0 Å². The topological polar surface area (TPSA) is 34.1 Å². The molecule has 0 bridgehead atoms. The molecule has 3 heteroatoms. The van der Waals surface area contributed by atoms with Crippen LogP contribution in [0.4, 0.5) is 0 Å². The van der Waals surface area contributed by atoms with Gasteiger partial charge in [-0.3, -0.25) is 0 Å². The Morgan fingerprint density at radius 1 is 1.47 bits per heavy atom. The van der Waals surface area contributed by atoms with Crippen LogP contribution in [0, 0.1) is 0 Å². The van der Waals surface area contributed by atoms with E-state index in [1.54, 1.807) is 7.11 Å². The van der Waals surface area contributed by atoms with Crippen LogP contribution in [0.1, 0.15) is 31.9 Å². The Morgan fingerprint density at radius 3 is 2.73 bits per heavy atom. The summed E-state index contributed by atoms with van der Waals surface area (Å²) < 4.78 is 5.12. The number of likely N-dealkylation sites (N-methyl/N-ethyl adjacent to an activating group) is 1. The molecule has 2 unspecified atom stereocenters. The second-order valence-corrected chi connectivity index (χ2v) is 3.70. The quantitative estimate of drug-likeness (QED) is 0.805. The number of pyridine rings is 1. The van der Waals surface area contributed by atoms with Crippen LogP contribution < -0.4 is 10.1 Å². The predicted octanol–water partition coefficient (Wildman–Crippen LogP) is 2.19. The minimum Gasteiger partial charge on any atom is -0.481 e. The Balaban J connectivity index is 2.84. The first-order valence-corrected chi connectivity index (χ1v) is 5.41. The number of nitrogens with zero attached hydrogens (tertiary/aromatic N) is 1. The highest BCUT2D eigenvalue weighted by Crippen LogP contribution is 2.20. The minimum atomic E-state index is 0.398. The Morgan fingerprint density at radius 2 is 2.20 bits per heavy atom. The summed E-state index contributed by atoms with van der Waals surface area (Å²) in [6.07, 6.45) is 1.09. The average molecular weight is 208 g/mol. The number of aromatic nitrogens is 1. The maximum Gasteiger partial charge on any atom is 0.213 e. The lowest BCUT2D eigenvalue weighted by molar-refractivity contribution is 0.391. The molecule has 0 spiro atoms. The minimum absolute atomic E-state index is 0.398. The molecule has 0 radical (unpaired) electrons. The molecule has 15 heavy (non-hydrogen) atoms. The van der Waals surface area contributed by atoms with Gasteiger partial charge in [-0.25, -0.2) is 4.98 Å². The summed E-state index contributed by atoms with van der Waals surface area (Å²) in [6, 6.07) is 6.37. The van der Waals surface area contributed by atoms with Crippen molar-refractivity contribution in [3.05, 3.63) is 23.9 Å². The zero-order valence-electron chi connectivity index (χ0n) is 9.95. The van der Waals surface area contributed by atoms with Gasteiger partial charge in [0.05, 0.1) is 7.11 Å². The van der Waals surface area contributed by atoms with Gasteiger partial charge in [-0.1, -0.05) is 19.9 Å². The van der Waals surface area contributed by atoms with Gasteiger partial charge >= 0.3 is 0 Å². The summed E-state index contributed by atoms with van der Waals surface area (Å²) in [5.41, 5.74) is 1.08. The van der Waals surface area contributed by atoms with Crippen LogP contribution in [-0.2, 0) is 0 Å². The number of ether oxygens (including phenoxy) is 1. The van der Waals surface area contributed by atoms with Crippen LogP contribution in [-0.4, -0.2) is 25.2 Å². The second kappa shape index (κ2) is 5.71. The van der Waals surface area contributed by atoms with Gasteiger partial charge < -0.3 is 10.1 Å². The van der Waals surface area contributed by atoms with Crippen molar-refractivity contribution < 1.29 is 4.74 Å². The first-order chi connectivity index (χ1) is 7.22. The zero-order chi connectivity index (χ0) is 11.3. The zero-order valence-corrected chi connectivity index (χ0v) is 9.95. The lowest BCUT2D eigenvalue weighted by Gasteiger charge is -2.21. The first kappa shape index (κ1) is 12.0. The summed E-state index contributed by atoms with van der Waals surface area (Å²) in [4.78, 5) is 4.45. The predicted molar refractivity (Wildman–Crippen MR) is 62.3 cm³/mol. The molecule has 0 saturated heterocycles. The summed E-state index contributed by atoms with van der Waals surface area (Å²) >= 11 is 0. The first-order valence-electron chi connectivity index (χ1n) is 5.41. The van der Waals surface area contributed by atoms with Gasteiger partial charge in [0.25, 0.3) is 0 Å². The van der Waals surface area contributed by atoms with Crippen molar-refractivity contribution in [2.75, 3.05) is 14.2 Å². The number of rotatable bonds is 5. The fourth-order valence-corrected chi connectivity index (χ4v) is 1.81. The van der Waals surface area contributed by atoms with Crippen LogP contribution in [0.2, 0.25) is 0 Å². The van der Waals surface area contributed by atoms with Crippen LogP contribution in [0.15, 0.2) is 18.2 Å². The molecule has 1 aromatic heterocycles. The normalized spacial score (nSPS) is 14.7. The van der Waals surface area contributed by atoms with E-state index in [-0.39, 0.29) is 0 Å². The molecule has 0 saturated carbocycles. The smallest absolute Gasteiger partial charge is 0.213 e. The molecular formula is C12H20N2O. The van der Waals surface area contributed by atoms with Gasteiger partial charge in [0.1, 0.15) is 0 Å². The van der Waals surface area contributed by atoms with E-state index < -0.39 is 0 Å². The fraction of sp³-hybridized carbons (Fsp3) is 0.583. The van der Waals surface area contributed by atoms with E-state index in [0.717, 1.165) is 12.1 Å². The molecule has 0 amide bonds. The van der Waals surface area contributed by atoms with Crippen LogP contribution in [0.25, 0.3) is 0 Å². The molecule has 84 valence electrons. The fourth-order valence-electron chi connectivity index (χ4n) is 1.81. The number of methoxy groups -OCH3 is 1. The third-order valence-corrected chi connectivity index (χ3v) is 2.83. The Hall–Kier alpha value is -1.09. The van der Waals surface area contributed by atoms with Crippen molar-refractivity contribution in [3.8, 4) is 5.88 Å². The SMILES string of the molecule is CCC(NC)C(C)c1cccc(OC)n1. The highest BCUT2D eigenvalue weighted by molar-refractivity contribution is 5.19. The van der Waals surface area contributed by atoms with E-state index in [4.69, 9.17) is 4.74 Å². The molecule has 1 heterocycles. The van der Waals surface area contributed by atoms with Crippen molar-refractivity contribution in [1.82, 2.24) is 10.3 Å². The molecule has 0 aromatic carbocycles. The van der Waals surface area contributed by atoms with Crippen molar-refractivity contribution in [2.45, 2.75) is 32.2 Å². The van der Waals surface area contributed by atoms with E-state index in [1.165, 1.54) is 0 Å². The van der Waals surface area contributed by atoms with Gasteiger partial charge in [0.15, 0.2) is 0 Å². The summed E-state index contributed by atoms with van der Waals surface area (Å²) in [5, 5.41) is 3.31. The van der Waals surface area contributed by atoms with E-state index >= 15 is 0 Å². The maximum absolute atomic E-state index is 5.12. The Kier molecular flexibility index (Phi) is 4.56. The molecule has 3 nitrogen and oxygen atoms in total. The van der Waals surface area contributed by atoms with Crippen LogP contribution >= 0.6 is 0 Å². The molecule has 1 aromatic rings. The molecule has 0 aliphatic heterocycles. The Bertz CT molecular complexity index is 297. The monoisotopic (exact) mass is 208 g/mol. The lowest BCUT2D eigenvalue weighted by atomic mass is 9.96. The third-order valence-electron chi connectivity index (χ3n) is 2.83. The summed E-state index contributed by atoms with van der Waals surface area (Å²) in [5.74, 6) is 1.08. The van der Waals surface area contributed by atoms with Crippen molar-refractivity contribution in [3.63, 3.8) is 0 Å². The summed E-state index contributed by atoms with van der Waals surface area (Å²) in [7, 11) is 3.64. The van der Waals surface area contributed by atoms with Gasteiger partial charge in [-0.05, 0) is 19.5 Å². The molecule has 1 rings (SSSR count). The molecule has 0 aliphatic rings. The summed E-state index contributed by atoms with van der Waals surface area (Å²) in [6.45, 7) is 4.37. The largest absolute Gasteiger partial charge is 0.481 e. The number of hydrogen-bond acceptors (Lipinski definition) is 3. The molecule has 1 N–H and O–H groups in total. The maximum atomic E-state index is 5.12. The molecular weight excluding hydrogens is 188 g/mol. The van der Waals surface area contributed by atoms with Crippen LogP contribution in [0.3, 0.4) is 0 Å². The Labute approximate surface area is 91.9 Å². The highest BCUT2D eigenvalue weighted by atomic mass is 16.5. The van der Waals surface area contributed by atoms with E-state index in [2.05, 4.69) is 24.1 Å². The van der Waals surface area contributed by atoms with Crippen molar-refractivity contribution in [1.29, 1.82) is 0 Å². The van der Waals surface area contributed by atoms with E-state index in [0.29, 0.717) is 17.8 Å². The molecule has 0 aliphatic carbocycles. The number of hydrogen-bond donors (Lipinski definition) is 1. The second-order valence-electron chi connectivity index (χ2n) is 3.70. The standard InChI is InChI=1S/C12H20N2O/c1-5-10(13-3)9(2)11-7-6-8-12(14-11)15-4/h6-10,13H,5H2,1-4H3. The van der Waals surface area contributed by atoms with Gasteiger partial charge in [0, 0.05) is 23.7 Å². The third kappa shape index (κ3) is 2.93. The van der Waals surface area contributed by atoms with E-state index in [1.807, 2.05) is 25.2 Å². The lowest BCUT2D eigenvalue weighted by Crippen LogP contribution is -2.30. The van der Waals surface area contributed by atoms with Crippen LogP contribution in [0.5, 0.6) is 5.88 Å². The van der Waals surface area contributed by atoms with E-state index in [9.17, 15) is 0 Å². The highest BCUT2D eigenvalue weighted by Gasteiger charge is 2.16. The van der Waals surface area contributed by atoms with Crippen molar-refractivity contribution in [2.24, 2.45) is 0 Å². The molecule has 0 fully saturated rings. The van der Waals surface area contributed by atoms with Gasteiger partial charge in [-0.2, -0.15) is 0 Å². The van der Waals surface area contributed by atoms with Gasteiger partial charge in [-0.15, -0.1) is 0 Å². The van der Waals surface area contributed by atoms with Gasteiger partial charge in [0.2, 0.25) is 5.88 Å².